The number of hydrogen-bond donors (Lipinski definition) is 0. The first-order valence-electron chi connectivity index (χ1n) is 10.4. The molecule has 0 unspecified atom stereocenters. The highest BCUT2D eigenvalue weighted by atomic mass is 16.5. The molecule has 0 N–H and O–H groups in total. The fourth-order valence-corrected chi connectivity index (χ4v) is 3.86. The number of benzene rings is 2. The minimum Gasteiger partial charge on any atom is -0.497 e. The second-order valence-electron chi connectivity index (χ2n) is 7.98. The second-order valence-corrected chi connectivity index (χ2v) is 7.98. The second kappa shape index (κ2) is 8.69. The molecule has 156 valence electrons. The molecular formula is C24H27N3O3. The number of likely N-dealkylation sites (tertiary alicyclic amines) is 1. The van der Waals surface area contributed by atoms with Gasteiger partial charge in [-0.2, -0.15) is 4.98 Å². The summed E-state index contributed by atoms with van der Waals surface area (Å²) in [6.45, 7) is 5.62. The van der Waals surface area contributed by atoms with E-state index in [1.54, 1.807) is 7.11 Å². The molecule has 0 atom stereocenters. The number of aromatic nitrogens is 2. The van der Waals surface area contributed by atoms with Crippen LogP contribution in [0.3, 0.4) is 0 Å². The Hall–Kier alpha value is -3.15. The number of carbonyl (C=O) groups excluding carboxylic acids is 1. The van der Waals surface area contributed by atoms with Gasteiger partial charge in [-0.1, -0.05) is 23.4 Å². The number of hydrogen-bond acceptors (Lipinski definition) is 5. The lowest BCUT2D eigenvalue weighted by Gasteiger charge is -2.31. The van der Waals surface area contributed by atoms with E-state index < -0.39 is 0 Å². The molecule has 1 aliphatic heterocycles. The summed E-state index contributed by atoms with van der Waals surface area (Å²) < 4.78 is 10.7. The summed E-state index contributed by atoms with van der Waals surface area (Å²) in [5, 5.41) is 4.12. The van der Waals surface area contributed by atoms with Gasteiger partial charge in [0, 0.05) is 30.6 Å². The van der Waals surface area contributed by atoms with Crippen molar-refractivity contribution in [1.82, 2.24) is 15.0 Å². The molecule has 6 nitrogen and oxygen atoms in total. The van der Waals surface area contributed by atoms with Crippen molar-refractivity contribution in [3.8, 4) is 17.1 Å². The average molecular weight is 405 g/mol. The standard InChI is InChI=1S/C24H27N3O3/c1-16-7-8-20(13-17(16)2)24(28)27-11-9-18(10-12-27)14-22-25-23(26-30-22)19-5-4-6-21(15-19)29-3/h4-8,13,15,18H,9-12,14H2,1-3H3. The maximum absolute atomic E-state index is 12.8. The van der Waals surface area contributed by atoms with Gasteiger partial charge < -0.3 is 14.2 Å². The van der Waals surface area contributed by atoms with Gasteiger partial charge in [0.25, 0.3) is 5.91 Å². The maximum Gasteiger partial charge on any atom is 0.253 e. The first kappa shape index (κ1) is 20.1. The van der Waals surface area contributed by atoms with Gasteiger partial charge in [-0.05, 0) is 68.0 Å². The van der Waals surface area contributed by atoms with Crippen LogP contribution in [0, 0.1) is 19.8 Å². The predicted octanol–water partition coefficient (Wildman–Crippen LogP) is 4.46. The Morgan fingerprint density at radius 1 is 1.13 bits per heavy atom. The summed E-state index contributed by atoms with van der Waals surface area (Å²) in [7, 11) is 1.64. The lowest BCUT2D eigenvalue weighted by molar-refractivity contribution is 0.0687. The molecule has 1 saturated heterocycles. The molecule has 2 aromatic carbocycles. The van der Waals surface area contributed by atoms with Crippen LogP contribution in [0.25, 0.3) is 11.4 Å². The van der Waals surface area contributed by atoms with Crippen molar-refractivity contribution >= 4 is 5.91 Å². The zero-order chi connectivity index (χ0) is 21.1. The zero-order valence-corrected chi connectivity index (χ0v) is 17.7. The number of nitrogens with zero attached hydrogens (tertiary/aromatic N) is 3. The first-order valence-corrected chi connectivity index (χ1v) is 10.4. The highest BCUT2D eigenvalue weighted by molar-refractivity contribution is 5.94. The van der Waals surface area contributed by atoms with Crippen LogP contribution in [0.4, 0.5) is 0 Å². The number of rotatable bonds is 5. The van der Waals surface area contributed by atoms with Crippen molar-refractivity contribution < 1.29 is 14.1 Å². The third-order valence-corrected chi connectivity index (χ3v) is 5.91. The Labute approximate surface area is 176 Å². The van der Waals surface area contributed by atoms with E-state index in [2.05, 4.69) is 17.1 Å². The molecule has 30 heavy (non-hydrogen) atoms. The van der Waals surface area contributed by atoms with Crippen molar-refractivity contribution in [3.05, 3.63) is 65.0 Å². The molecule has 0 radical (unpaired) electrons. The highest BCUT2D eigenvalue weighted by Crippen LogP contribution is 2.25. The van der Waals surface area contributed by atoms with Crippen LogP contribution in [0.1, 0.15) is 40.2 Å². The largest absolute Gasteiger partial charge is 0.497 e. The number of methoxy groups -OCH3 is 1. The molecule has 6 heteroatoms. The van der Waals surface area contributed by atoms with Crippen LogP contribution < -0.4 is 4.74 Å². The molecule has 3 aromatic rings. The summed E-state index contributed by atoms with van der Waals surface area (Å²) >= 11 is 0. The Morgan fingerprint density at radius 2 is 1.93 bits per heavy atom. The van der Waals surface area contributed by atoms with E-state index >= 15 is 0 Å². The third kappa shape index (κ3) is 4.37. The summed E-state index contributed by atoms with van der Waals surface area (Å²) in [6.07, 6.45) is 2.61. The smallest absolute Gasteiger partial charge is 0.253 e. The van der Waals surface area contributed by atoms with Gasteiger partial charge in [0.15, 0.2) is 0 Å². The summed E-state index contributed by atoms with van der Waals surface area (Å²) in [5.74, 6) is 2.54. The van der Waals surface area contributed by atoms with Crippen LogP contribution in [-0.2, 0) is 6.42 Å². The minimum absolute atomic E-state index is 0.120. The number of amides is 1. The van der Waals surface area contributed by atoms with Crippen molar-refractivity contribution in [2.45, 2.75) is 33.1 Å². The SMILES string of the molecule is COc1cccc(-c2noc(CC3CCN(C(=O)c4ccc(C)c(C)c4)CC3)n2)c1. The van der Waals surface area contributed by atoms with Crippen molar-refractivity contribution in [2.75, 3.05) is 20.2 Å². The van der Waals surface area contributed by atoms with Crippen LogP contribution >= 0.6 is 0 Å². The van der Waals surface area contributed by atoms with Gasteiger partial charge in [-0.3, -0.25) is 4.79 Å². The van der Waals surface area contributed by atoms with Gasteiger partial charge in [0.2, 0.25) is 11.7 Å². The molecular weight excluding hydrogens is 378 g/mol. The molecule has 1 aromatic heterocycles. The summed E-state index contributed by atoms with van der Waals surface area (Å²) in [6, 6.07) is 13.6. The van der Waals surface area contributed by atoms with E-state index in [4.69, 9.17) is 9.26 Å². The van der Waals surface area contributed by atoms with Crippen LogP contribution in [0.15, 0.2) is 47.0 Å². The molecule has 4 rings (SSSR count). The van der Waals surface area contributed by atoms with E-state index in [0.717, 1.165) is 54.8 Å². The number of carbonyl (C=O) groups is 1. The fraction of sp³-hybridized carbons (Fsp3) is 0.375. The Kier molecular flexibility index (Phi) is 5.84. The summed E-state index contributed by atoms with van der Waals surface area (Å²) in [4.78, 5) is 19.3. The van der Waals surface area contributed by atoms with Gasteiger partial charge in [-0.15, -0.1) is 0 Å². The minimum atomic E-state index is 0.120. The van der Waals surface area contributed by atoms with E-state index in [0.29, 0.717) is 17.6 Å². The Bertz CT molecular complexity index is 1040. The van der Waals surface area contributed by atoms with E-state index in [1.165, 1.54) is 5.56 Å². The van der Waals surface area contributed by atoms with Gasteiger partial charge in [0.05, 0.1) is 7.11 Å². The van der Waals surface area contributed by atoms with Gasteiger partial charge in [-0.25, -0.2) is 0 Å². The average Bonchev–Trinajstić information content (AvgIpc) is 3.24. The molecule has 0 aliphatic carbocycles. The van der Waals surface area contributed by atoms with Gasteiger partial charge >= 0.3 is 0 Å². The predicted molar refractivity (Wildman–Crippen MR) is 115 cm³/mol. The van der Waals surface area contributed by atoms with E-state index in [1.807, 2.05) is 54.3 Å². The number of ether oxygens (including phenoxy) is 1. The lowest BCUT2D eigenvalue weighted by Crippen LogP contribution is -2.39. The maximum atomic E-state index is 12.8. The molecule has 1 aliphatic rings. The van der Waals surface area contributed by atoms with Crippen LogP contribution in [0.5, 0.6) is 5.75 Å². The molecule has 1 fully saturated rings. The molecule has 0 bridgehead atoms. The van der Waals surface area contributed by atoms with Crippen molar-refractivity contribution in [2.24, 2.45) is 5.92 Å². The monoisotopic (exact) mass is 405 g/mol. The third-order valence-electron chi connectivity index (χ3n) is 5.91. The first-order chi connectivity index (χ1) is 14.5. The fourth-order valence-electron chi connectivity index (χ4n) is 3.86. The molecule has 0 saturated carbocycles. The number of piperidine rings is 1. The van der Waals surface area contributed by atoms with Crippen molar-refractivity contribution in [3.63, 3.8) is 0 Å². The topological polar surface area (TPSA) is 68.5 Å². The van der Waals surface area contributed by atoms with E-state index in [9.17, 15) is 4.79 Å². The molecule has 2 heterocycles. The van der Waals surface area contributed by atoms with Crippen LogP contribution in [-0.4, -0.2) is 41.1 Å². The zero-order valence-electron chi connectivity index (χ0n) is 17.7. The lowest BCUT2D eigenvalue weighted by atomic mass is 9.93. The number of aryl methyl sites for hydroxylation is 2. The normalized spacial score (nSPS) is 14.7. The Balaban J connectivity index is 1.34. The molecule has 0 spiro atoms. The van der Waals surface area contributed by atoms with E-state index in [-0.39, 0.29) is 5.91 Å². The molecule has 1 amide bonds. The quantitative estimate of drug-likeness (QED) is 0.627. The highest BCUT2D eigenvalue weighted by Gasteiger charge is 2.25. The Morgan fingerprint density at radius 3 is 2.67 bits per heavy atom. The van der Waals surface area contributed by atoms with Crippen LogP contribution in [0.2, 0.25) is 0 Å². The van der Waals surface area contributed by atoms with Crippen molar-refractivity contribution in [1.29, 1.82) is 0 Å². The summed E-state index contributed by atoms with van der Waals surface area (Å²) in [5.41, 5.74) is 4.01. The van der Waals surface area contributed by atoms with Gasteiger partial charge in [0.1, 0.15) is 5.75 Å².